The molecule has 0 saturated heterocycles. The summed E-state index contributed by atoms with van der Waals surface area (Å²) >= 11 is 0. The van der Waals surface area contributed by atoms with Gasteiger partial charge in [-0.3, -0.25) is 0 Å². The number of benzene rings is 1. The van der Waals surface area contributed by atoms with Crippen molar-refractivity contribution < 1.29 is 0 Å². The van der Waals surface area contributed by atoms with Crippen LogP contribution in [0.15, 0.2) is 30.3 Å². The molecular formula is C15H26N2. The van der Waals surface area contributed by atoms with Crippen LogP contribution < -0.4 is 5.32 Å². The first-order valence-corrected chi connectivity index (χ1v) is 6.61. The topological polar surface area (TPSA) is 15.3 Å². The van der Waals surface area contributed by atoms with Crippen molar-refractivity contribution in [3.63, 3.8) is 0 Å². The molecule has 96 valence electrons. The van der Waals surface area contributed by atoms with Gasteiger partial charge < -0.3 is 10.2 Å². The molecule has 0 aliphatic heterocycles. The molecule has 2 heteroatoms. The maximum absolute atomic E-state index is 3.47. The average molecular weight is 234 g/mol. The predicted molar refractivity (Wildman–Crippen MR) is 75.4 cm³/mol. The number of hydrogen-bond acceptors (Lipinski definition) is 2. The first-order chi connectivity index (χ1) is 8.18. The van der Waals surface area contributed by atoms with E-state index in [1.807, 2.05) is 0 Å². The number of rotatable bonds is 8. The number of hydrogen-bond donors (Lipinski definition) is 1. The van der Waals surface area contributed by atoms with Crippen LogP contribution in [-0.2, 0) is 6.42 Å². The van der Waals surface area contributed by atoms with Gasteiger partial charge in [-0.25, -0.2) is 0 Å². The maximum Gasteiger partial charge on any atom is 0.0104 e. The molecule has 0 saturated carbocycles. The Labute approximate surface area is 106 Å². The molecule has 1 N–H and O–H groups in total. The summed E-state index contributed by atoms with van der Waals surface area (Å²) < 4.78 is 0. The van der Waals surface area contributed by atoms with Gasteiger partial charge in [0.15, 0.2) is 0 Å². The van der Waals surface area contributed by atoms with Gasteiger partial charge >= 0.3 is 0 Å². The van der Waals surface area contributed by atoms with Gasteiger partial charge in [-0.15, -0.1) is 0 Å². The van der Waals surface area contributed by atoms with Crippen molar-refractivity contribution in [2.45, 2.75) is 20.3 Å². The second-order valence-electron chi connectivity index (χ2n) is 5.14. The fourth-order valence-corrected chi connectivity index (χ4v) is 1.74. The summed E-state index contributed by atoms with van der Waals surface area (Å²) in [7, 11) is 2.19. The molecule has 0 heterocycles. The smallest absolute Gasteiger partial charge is 0.0104 e. The van der Waals surface area contributed by atoms with Gasteiger partial charge in [0.05, 0.1) is 0 Å². The van der Waals surface area contributed by atoms with Crippen LogP contribution in [0.25, 0.3) is 0 Å². The first-order valence-electron chi connectivity index (χ1n) is 6.61. The Bertz CT molecular complexity index is 282. The highest BCUT2D eigenvalue weighted by molar-refractivity contribution is 5.14. The van der Waals surface area contributed by atoms with Crippen LogP contribution in [0.5, 0.6) is 0 Å². The molecule has 0 fully saturated rings. The van der Waals surface area contributed by atoms with E-state index in [1.165, 1.54) is 5.56 Å². The predicted octanol–water partition coefficient (Wildman–Crippen LogP) is 2.41. The summed E-state index contributed by atoms with van der Waals surface area (Å²) in [6.45, 7) is 8.95. The molecule has 1 aromatic rings. The van der Waals surface area contributed by atoms with Crippen LogP contribution in [0.2, 0.25) is 0 Å². The van der Waals surface area contributed by atoms with Crippen molar-refractivity contribution in [1.29, 1.82) is 0 Å². The zero-order chi connectivity index (χ0) is 12.5. The molecule has 0 bridgehead atoms. The van der Waals surface area contributed by atoms with Gasteiger partial charge in [0.2, 0.25) is 0 Å². The fraction of sp³-hybridized carbons (Fsp3) is 0.600. The SMILES string of the molecule is CC(C)CNCCN(C)CCc1ccccc1. The highest BCUT2D eigenvalue weighted by atomic mass is 15.1. The van der Waals surface area contributed by atoms with Crippen LogP contribution in [0.3, 0.4) is 0 Å². The van der Waals surface area contributed by atoms with Crippen molar-refractivity contribution in [2.75, 3.05) is 33.2 Å². The number of likely N-dealkylation sites (N-methyl/N-ethyl adjacent to an activating group) is 1. The molecule has 0 aliphatic rings. The molecule has 0 atom stereocenters. The lowest BCUT2D eigenvalue weighted by Crippen LogP contribution is -2.32. The molecular weight excluding hydrogens is 208 g/mol. The summed E-state index contributed by atoms with van der Waals surface area (Å²) in [5.41, 5.74) is 1.43. The Balaban J connectivity index is 2.07. The molecule has 1 aromatic carbocycles. The Morgan fingerprint density at radius 1 is 1.12 bits per heavy atom. The molecule has 0 aromatic heterocycles. The summed E-state index contributed by atoms with van der Waals surface area (Å²) in [4.78, 5) is 2.39. The van der Waals surface area contributed by atoms with E-state index in [0.717, 1.165) is 38.5 Å². The summed E-state index contributed by atoms with van der Waals surface area (Å²) in [6, 6.07) is 10.7. The van der Waals surface area contributed by atoms with Crippen LogP contribution >= 0.6 is 0 Å². The van der Waals surface area contributed by atoms with E-state index < -0.39 is 0 Å². The van der Waals surface area contributed by atoms with Gasteiger partial charge in [0.1, 0.15) is 0 Å². The molecule has 2 nitrogen and oxygen atoms in total. The quantitative estimate of drug-likeness (QED) is 0.695. The summed E-state index contributed by atoms with van der Waals surface area (Å²) in [6.07, 6.45) is 1.14. The zero-order valence-electron chi connectivity index (χ0n) is 11.4. The second-order valence-corrected chi connectivity index (χ2v) is 5.14. The highest BCUT2D eigenvalue weighted by Gasteiger charge is 1.99. The molecule has 0 radical (unpaired) electrons. The molecule has 1 rings (SSSR count). The monoisotopic (exact) mass is 234 g/mol. The fourth-order valence-electron chi connectivity index (χ4n) is 1.74. The summed E-state index contributed by atoms with van der Waals surface area (Å²) in [5, 5.41) is 3.47. The average Bonchev–Trinajstić information content (AvgIpc) is 2.33. The van der Waals surface area contributed by atoms with Gasteiger partial charge in [-0.2, -0.15) is 0 Å². The summed E-state index contributed by atoms with van der Waals surface area (Å²) in [5.74, 6) is 0.740. The lowest BCUT2D eigenvalue weighted by molar-refractivity contribution is 0.332. The second kappa shape index (κ2) is 8.26. The van der Waals surface area contributed by atoms with E-state index in [9.17, 15) is 0 Å². The van der Waals surface area contributed by atoms with E-state index in [0.29, 0.717) is 0 Å². The van der Waals surface area contributed by atoms with E-state index in [1.54, 1.807) is 0 Å². The van der Waals surface area contributed by atoms with Crippen LogP contribution in [0.4, 0.5) is 0 Å². The molecule has 17 heavy (non-hydrogen) atoms. The molecule has 0 aliphatic carbocycles. The number of nitrogens with zero attached hydrogens (tertiary/aromatic N) is 1. The lowest BCUT2D eigenvalue weighted by atomic mass is 10.1. The van der Waals surface area contributed by atoms with Crippen molar-refractivity contribution in [3.8, 4) is 0 Å². The molecule has 0 unspecified atom stereocenters. The third kappa shape index (κ3) is 7.14. The minimum absolute atomic E-state index is 0.740. The van der Waals surface area contributed by atoms with Crippen LogP contribution in [0, 0.1) is 5.92 Å². The Morgan fingerprint density at radius 2 is 1.82 bits per heavy atom. The van der Waals surface area contributed by atoms with Crippen molar-refractivity contribution in [2.24, 2.45) is 5.92 Å². The first kappa shape index (κ1) is 14.2. The highest BCUT2D eigenvalue weighted by Crippen LogP contribution is 2.00. The minimum atomic E-state index is 0.740. The van der Waals surface area contributed by atoms with Crippen molar-refractivity contribution >= 4 is 0 Å². The Morgan fingerprint density at radius 3 is 2.47 bits per heavy atom. The van der Waals surface area contributed by atoms with E-state index in [-0.39, 0.29) is 0 Å². The molecule has 0 spiro atoms. The van der Waals surface area contributed by atoms with Gasteiger partial charge in [-0.1, -0.05) is 44.2 Å². The molecule has 0 amide bonds. The van der Waals surface area contributed by atoms with E-state index in [4.69, 9.17) is 0 Å². The Hall–Kier alpha value is -0.860. The van der Waals surface area contributed by atoms with E-state index in [2.05, 4.69) is 61.4 Å². The van der Waals surface area contributed by atoms with Crippen molar-refractivity contribution in [1.82, 2.24) is 10.2 Å². The third-order valence-corrected chi connectivity index (χ3v) is 2.85. The van der Waals surface area contributed by atoms with Gasteiger partial charge in [0.25, 0.3) is 0 Å². The zero-order valence-corrected chi connectivity index (χ0v) is 11.4. The largest absolute Gasteiger partial charge is 0.315 e. The number of nitrogens with one attached hydrogen (secondary N) is 1. The van der Waals surface area contributed by atoms with Crippen LogP contribution in [0.1, 0.15) is 19.4 Å². The third-order valence-electron chi connectivity index (χ3n) is 2.85. The normalized spacial score (nSPS) is 11.4. The lowest BCUT2D eigenvalue weighted by Gasteiger charge is -2.17. The van der Waals surface area contributed by atoms with Gasteiger partial charge in [0, 0.05) is 19.6 Å². The van der Waals surface area contributed by atoms with Gasteiger partial charge in [-0.05, 0) is 31.5 Å². The maximum atomic E-state index is 3.47. The minimum Gasteiger partial charge on any atom is -0.315 e. The van der Waals surface area contributed by atoms with Crippen molar-refractivity contribution in [3.05, 3.63) is 35.9 Å². The Kier molecular flexibility index (Phi) is 6.90. The standard InChI is InChI=1S/C15H26N2/c1-14(2)13-16-10-12-17(3)11-9-15-7-5-4-6-8-15/h4-8,14,16H,9-13H2,1-3H3. The van der Waals surface area contributed by atoms with E-state index >= 15 is 0 Å². The van der Waals surface area contributed by atoms with Crippen LogP contribution in [-0.4, -0.2) is 38.1 Å².